The maximum Gasteiger partial charge on any atom is 0.156 e. The molecular formula is C9H12O2. The second kappa shape index (κ2) is 2.61. The Kier molecular flexibility index (Phi) is 1.60. The van der Waals surface area contributed by atoms with Crippen molar-refractivity contribution in [2.24, 2.45) is 0 Å². The first-order chi connectivity index (χ1) is 5.36. The van der Waals surface area contributed by atoms with E-state index in [1.165, 1.54) is 0 Å². The van der Waals surface area contributed by atoms with Crippen molar-refractivity contribution in [1.82, 2.24) is 0 Å². The van der Waals surface area contributed by atoms with Crippen molar-refractivity contribution in [3.8, 4) is 0 Å². The summed E-state index contributed by atoms with van der Waals surface area (Å²) >= 11 is 0. The molecule has 2 heteroatoms. The Morgan fingerprint density at radius 3 is 3.36 bits per heavy atom. The number of rotatable bonds is 0. The molecule has 0 bridgehead atoms. The van der Waals surface area contributed by atoms with Gasteiger partial charge in [-0.25, -0.2) is 0 Å². The first-order valence-corrected chi connectivity index (χ1v) is 4.05. The van der Waals surface area contributed by atoms with Gasteiger partial charge in [0.25, 0.3) is 0 Å². The summed E-state index contributed by atoms with van der Waals surface area (Å²) < 4.78 is 11.1. The second-order valence-corrected chi connectivity index (χ2v) is 2.97. The summed E-state index contributed by atoms with van der Waals surface area (Å²) in [6, 6.07) is 0. The highest BCUT2D eigenvalue weighted by Gasteiger charge is 2.19. The van der Waals surface area contributed by atoms with Crippen molar-refractivity contribution in [3.05, 3.63) is 23.7 Å². The third-order valence-corrected chi connectivity index (χ3v) is 1.90. The molecule has 0 fully saturated rings. The Bertz CT molecular complexity index is 216. The lowest BCUT2D eigenvalue weighted by molar-refractivity contribution is 0.00654. The van der Waals surface area contributed by atoms with Gasteiger partial charge in [-0.15, -0.1) is 0 Å². The van der Waals surface area contributed by atoms with E-state index in [0.29, 0.717) is 6.61 Å². The zero-order valence-electron chi connectivity index (χ0n) is 6.67. The summed E-state index contributed by atoms with van der Waals surface area (Å²) in [6.45, 7) is 2.71. The van der Waals surface area contributed by atoms with Crippen LogP contribution < -0.4 is 0 Å². The number of ether oxygens (including phenoxy) is 2. The Morgan fingerprint density at radius 2 is 2.45 bits per heavy atom. The molecule has 0 N–H and O–H groups in total. The van der Waals surface area contributed by atoms with E-state index in [1.54, 1.807) is 0 Å². The Hall–Kier alpha value is -0.920. The maximum atomic E-state index is 5.59. The van der Waals surface area contributed by atoms with Crippen LogP contribution in [-0.4, -0.2) is 12.7 Å². The average Bonchev–Trinajstić information content (AvgIpc) is 2.04. The van der Waals surface area contributed by atoms with Gasteiger partial charge in [-0.05, 0) is 19.4 Å². The van der Waals surface area contributed by atoms with Gasteiger partial charge in [-0.1, -0.05) is 6.08 Å². The molecule has 0 aromatic carbocycles. The van der Waals surface area contributed by atoms with Gasteiger partial charge in [-0.3, -0.25) is 0 Å². The average molecular weight is 152 g/mol. The standard InChI is InChI=1S/C9H12O2/c1-7-6-10-8-4-2-3-5-9(8)11-7/h2,4,7H,3,5-6H2,1H3. The molecule has 1 aliphatic carbocycles. The number of allylic oxidation sites excluding steroid dienone is 3. The van der Waals surface area contributed by atoms with Crippen molar-refractivity contribution < 1.29 is 9.47 Å². The fraction of sp³-hybridized carbons (Fsp3) is 0.556. The predicted octanol–water partition coefficient (Wildman–Crippen LogP) is 1.98. The van der Waals surface area contributed by atoms with E-state index in [-0.39, 0.29) is 6.10 Å². The molecule has 2 nitrogen and oxygen atoms in total. The molecule has 60 valence electrons. The fourth-order valence-electron chi connectivity index (χ4n) is 1.35. The molecule has 0 saturated heterocycles. The van der Waals surface area contributed by atoms with E-state index in [9.17, 15) is 0 Å². The minimum Gasteiger partial charge on any atom is -0.488 e. The third kappa shape index (κ3) is 1.25. The number of hydrogen-bond donors (Lipinski definition) is 0. The van der Waals surface area contributed by atoms with Gasteiger partial charge in [0.1, 0.15) is 18.5 Å². The molecule has 0 amide bonds. The molecule has 0 aromatic rings. The lowest BCUT2D eigenvalue weighted by atomic mass is 10.1. The van der Waals surface area contributed by atoms with Crippen molar-refractivity contribution in [2.45, 2.75) is 25.9 Å². The number of hydrogen-bond acceptors (Lipinski definition) is 2. The monoisotopic (exact) mass is 152 g/mol. The van der Waals surface area contributed by atoms with Crippen molar-refractivity contribution in [1.29, 1.82) is 0 Å². The molecule has 1 atom stereocenters. The van der Waals surface area contributed by atoms with Crippen LogP contribution >= 0.6 is 0 Å². The van der Waals surface area contributed by atoms with E-state index in [2.05, 4.69) is 6.08 Å². The zero-order chi connectivity index (χ0) is 7.68. The first-order valence-electron chi connectivity index (χ1n) is 4.05. The molecule has 2 rings (SSSR count). The van der Waals surface area contributed by atoms with E-state index in [0.717, 1.165) is 24.4 Å². The predicted molar refractivity (Wildman–Crippen MR) is 41.9 cm³/mol. The van der Waals surface area contributed by atoms with E-state index < -0.39 is 0 Å². The smallest absolute Gasteiger partial charge is 0.156 e. The van der Waals surface area contributed by atoms with Crippen LogP contribution in [-0.2, 0) is 9.47 Å². The van der Waals surface area contributed by atoms with Crippen LogP contribution in [0.4, 0.5) is 0 Å². The van der Waals surface area contributed by atoms with Gasteiger partial charge < -0.3 is 9.47 Å². The lowest BCUT2D eigenvalue weighted by Gasteiger charge is -2.27. The third-order valence-electron chi connectivity index (χ3n) is 1.90. The van der Waals surface area contributed by atoms with E-state index in [4.69, 9.17) is 9.47 Å². The fourth-order valence-corrected chi connectivity index (χ4v) is 1.35. The highest BCUT2D eigenvalue weighted by Crippen LogP contribution is 2.25. The molecule has 1 aliphatic heterocycles. The SMILES string of the molecule is CC1COC2=C(CCC=C2)O1. The van der Waals surface area contributed by atoms with Crippen LogP contribution in [0.25, 0.3) is 0 Å². The molecule has 2 aliphatic rings. The largest absolute Gasteiger partial charge is 0.488 e. The lowest BCUT2D eigenvalue weighted by Crippen LogP contribution is -2.22. The second-order valence-electron chi connectivity index (χ2n) is 2.97. The quantitative estimate of drug-likeness (QED) is 0.528. The molecule has 0 radical (unpaired) electrons. The van der Waals surface area contributed by atoms with E-state index in [1.807, 2.05) is 13.0 Å². The molecule has 0 spiro atoms. The molecule has 1 heterocycles. The van der Waals surface area contributed by atoms with Crippen molar-refractivity contribution in [3.63, 3.8) is 0 Å². The zero-order valence-corrected chi connectivity index (χ0v) is 6.67. The maximum absolute atomic E-state index is 5.59. The summed E-state index contributed by atoms with van der Waals surface area (Å²) in [5.74, 6) is 1.97. The van der Waals surface area contributed by atoms with Gasteiger partial charge >= 0.3 is 0 Å². The Morgan fingerprint density at radius 1 is 1.55 bits per heavy atom. The Labute approximate surface area is 66.5 Å². The minimum atomic E-state index is 0.222. The van der Waals surface area contributed by atoms with Gasteiger partial charge in [-0.2, -0.15) is 0 Å². The molecule has 1 unspecified atom stereocenters. The molecule has 0 saturated carbocycles. The highest BCUT2D eigenvalue weighted by atomic mass is 16.6. The van der Waals surface area contributed by atoms with Gasteiger partial charge in [0.2, 0.25) is 0 Å². The topological polar surface area (TPSA) is 18.5 Å². The summed E-state index contributed by atoms with van der Waals surface area (Å²) in [7, 11) is 0. The summed E-state index contributed by atoms with van der Waals surface area (Å²) in [5.41, 5.74) is 0. The van der Waals surface area contributed by atoms with Crippen LogP contribution in [0.15, 0.2) is 23.7 Å². The molecule has 11 heavy (non-hydrogen) atoms. The van der Waals surface area contributed by atoms with Crippen LogP contribution in [0.3, 0.4) is 0 Å². The van der Waals surface area contributed by atoms with Crippen LogP contribution in [0.2, 0.25) is 0 Å². The highest BCUT2D eigenvalue weighted by molar-refractivity contribution is 5.22. The summed E-state index contributed by atoms with van der Waals surface area (Å²) in [6.07, 6.45) is 6.42. The van der Waals surface area contributed by atoms with Crippen molar-refractivity contribution in [2.75, 3.05) is 6.61 Å². The van der Waals surface area contributed by atoms with Crippen LogP contribution in [0.5, 0.6) is 0 Å². The van der Waals surface area contributed by atoms with Gasteiger partial charge in [0.05, 0.1) is 0 Å². The molecular weight excluding hydrogens is 140 g/mol. The van der Waals surface area contributed by atoms with Crippen molar-refractivity contribution >= 4 is 0 Å². The Balaban J connectivity index is 2.19. The van der Waals surface area contributed by atoms with E-state index >= 15 is 0 Å². The van der Waals surface area contributed by atoms with Crippen LogP contribution in [0.1, 0.15) is 19.8 Å². The van der Waals surface area contributed by atoms with Crippen LogP contribution in [0, 0.1) is 0 Å². The summed E-state index contributed by atoms with van der Waals surface area (Å²) in [4.78, 5) is 0. The minimum absolute atomic E-state index is 0.222. The first kappa shape index (κ1) is 6.77. The molecule has 0 aromatic heterocycles. The van der Waals surface area contributed by atoms with Gasteiger partial charge in [0, 0.05) is 6.42 Å². The van der Waals surface area contributed by atoms with Gasteiger partial charge in [0.15, 0.2) is 5.76 Å². The summed E-state index contributed by atoms with van der Waals surface area (Å²) in [5, 5.41) is 0. The normalized spacial score (nSPS) is 29.0.